The molecule has 0 aliphatic carbocycles. The maximum atomic E-state index is 9.36. The summed E-state index contributed by atoms with van der Waals surface area (Å²) in [7, 11) is 0. The molecular formula is C18H30N2O. The average molecular weight is 290 g/mol. The minimum atomic E-state index is 0.351. The largest absolute Gasteiger partial charge is 0.508 e. The molecule has 118 valence electrons. The van der Waals surface area contributed by atoms with Crippen LogP contribution in [0, 0.1) is 5.92 Å². The highest BCUT2D eigenvalue weighted by Gasteiger charge is 2.23. The highest BCUT2D eigenvalue weighted by atomic mass is 16.3. The summed E-state index contributed by atoms with van der Waals surface area (Å²) in [5, 5.41) is 12.9. The van der Waals surface area contributed by atoms with Crippen molar-refractivity contribution >= 4 is 0 Å². The van der Waals surface area contributed by atoms with Crippen LogP contribution in [0.5, 0.6) is 5.75 Å². The standard InChI is InChI=1S/C18H30N2O/c1-14(2)19-12-17-5-4-10-20(13-17)15(3)11-16-6-8-18(21)9-7-16/h6-9,14-15,17,19,21H,4-5,10-13H2,1-3H3. The molecular weight excluding hydrogens is 260 g/mol. The second-order valence-corrected chi connectivity index (χ2v) is 6.79. The lowest BCUT2D eigenvalue weighted by Gasteiger charge is -2.37. The zero-order valence-electron chi connectivity index (χ0n) is 13.7. The van der Waals surface area contributed by atoms with Crippen LogP contribution in [0.2, 0.25) is 0 Å². The van der Waals surface area contributed by atoms with Gasteiger partial charge in [-0.2, -0.15) is 0 Å². The Balaban J connectivity index is 1.83. The van der Waals surface area contributed by atoms with Crippen LogP contribution in [0.3, 0.4) is 0 Å². The first-order valence-electron chi connectivity index (χ1n) is 8.30. The van der Waals surface area contributed by atoms with E-state index < -0.39 is 0 Å². The number of nitrogens with one attached hydrogen (secondary N) is 1. The molecule has 3 heteroatoms. The van der Waals surface area contributed by atoms with Gasteiger partial charge in [-0.25, -0.2) is 0 Å². The number of rotatable bonds is 6. The van der Waals surface area contributed by atoms with Crippen LogP contribution >= 0.6 is 0 Å². The van der Waals surface area contributed by atoms with Crippen molar-refractivity contribution in [3.05, 3.63) is 29.8 Å². The Labute approximate surface area is 129 Å². The average Bonchev–Trinajstić information content (AvgIpc) is 2.48. The van der Waals surface area contributed by atoms with Crippen LogP contribution < -0.4 is 5.32 Å². The summed E-state index contributed by atoms with van der Waals surface area (Å²) in [4.78, 5) is 2.63. The van der Waals surface area contributed by atoms with Gasteiger partial charge in [0.25, 0.3) is 0 Å². The fourth-order valence-corrected chi connectivity index (χ4v) is 3.17. The van der Waals surface area contributed by atoms with Crippen molar-refractivity contribution in [3.8, 4) is 5.75 Å². The monoisotopic (exact) mass is 290 g/mol. The minimum Gasteiger partial charge on any atom is -0.508 e. The lowest BCUT2D eigenvalue weighted by molar-refractivity contribution is 0.129. The fourth-order valence-electron chi connectivity index (χ4n) is 3.17. The summed E-state index contributed by atoms with van der Waals surface area (Å²) in [5.74, 6) is 1.13. The zero-order valence-corrected chi connectivity index (χ0v) is 13.7. The first-order valence-corrected chi connectivity index (χ1v) is 8.30. The number of phenols is 1. The molecule has 1 fully saturated rings. The molecule has 0 aromatic heterocycles. The molecule has 0 saturated carbocycles. The molecule has 2 unspecified atom stereocenters. The number of aromatic hydroxyl groups is 1. The van der Waals surface area contributed by atoms with Gasteiger partial charge >= 0.3 is 0 Å². The summed E-state index contributed by atoms with van der Waals surface area (Å²) in [5.41, 5.74) is 1.31. The van der Waals surface area contributed by atoms with Gasteiger partial charge in [-0.3, -0.25) is 0 Å². The van der Waals surface area contributed by atoms with E-state index in [1.165, 1.54) is 31.5 Å². The highest BCUT2D eigenvalue weighted by Crippen LogP contribution is 2.20. The Hall–Kier alpha value is -1.06. The lowest BCUT2D eigenvalue weighted by Crippen LogP contribution is -2.45. The van der Waals surface area contributed by atoms with Crippen molar-refractivity contribution in [2.24, 2.45) is 5.92 Å². The summed E-state index contributed by atoms with van der Waals surface area (Å²) in [6, 6.07) is 8.79. The Bertz CT molecular complexity index is 416. The number of hydrogen-bond donors (Lipinski definition) is 2. The predicted octanol–water partition coefficient (Wildman–Crippen LogP) is 3.03. The van der Waals surface area contributed by atoms with Gasteiger partial charge in [-0.15, -0.1) is 0 Å². The quantitative estimate of drug-likeness (QED) is 0.845. The molecule has 21 heavy (non-hydrogen) atoms. The van der Waals surface area contributed by atoms with Crippen molar-refractivity contribution < 1.29 is 5.11 Å². The molecule has 2 atom stereocenters. The van der Waals surface area contributed by atoms with Crippen LogP contribution in [0.1, 0.15) is 39.2 Å². The maximum Gasteiger partial charge on any atom is 0.115 e. The van der Waals surface area contributed by atoms with Gasteiger partial charge < -0.3 is 15.3 Å². The van der Waals surface area contributed by atoms with Crippen molar-refractivity contribution in [2.45, 2.75) is 52.1 Å². The normalized spacial score (nSPS) is 21.6. The van der Waals surface area contributed by atoms with E-state index in [0.29, 0.717) is 17.8 Å². The van der Waals surface area contributed by atoms with E-state index in [4.69, 9.17) is 0 Å². The lowest BCUT2D eigenvalue weighted by atomic mass is 9.95. The van der Waals surface area contributed by atoms with Crippen LogP contribution in [0.4, 0.5) is 0 Å². The predicted molar refractivity (Wildman–Crippen MR) is 88.7 cm³/mol. The molecule has 2 rings (SSSR count). The molecule has 3 nitrogen and oxygen atoms in total. The molecule has 1 heterocycles. The summed E-state index contributed by atoms with van der Waals surface area (Å²) in [6.07, 6.45) is 3.72. The van der Waals surface area contributed by atoms with Crippen molar-refractivity contribution in [1.82, 2.24) is 10.2 Å². The molecule has 2 N–H and O–H groups in total. The molecule has 1 aromatic rings. The molecule has 0 radical (unpaired) electrons. The second kappa shape index (κ2) is 7.81. The topological polar surface area (TPSA) is 35.5 Å². The third-order valence-corrected chi connectivity index (χ3v) is 4.46. The Morgan fingerprint density at radius 2 is 1.95 bits per heavy atom. The van der Waals surface area contributed by atoms with Crippen LogP contribution in [-0.2, 0) is 6.42 Å². The number of nitrogens with zero attached hydrogens (tertiary/aromatic N) is 1. The van der Waals surface area contributed by atoms with E-state index in [9.17, 15) is 5.11 Å². The van der Waals surface area contributed by atoms with E-state index >= 15 is 0 Å². The van der Waals surface area contributed by atoms with E-state index in [1.54, 1.807) is 12.1 Å². The van der Waals surface area contributed by atoms with Gasteiger partial charge in [0.1, 0.15) is 5.75 Å². The molecule has 0 spiro atoms. The van der Waals surface area contributed by atoms with E-state index in [0.717, 1.165) is 18.9 Å². The summed E-state index contributed by atoms with van der Waals surface area (Å²) < 4.78 is 0. The van der Waals surface area contributed by atoms with Gasteiger partial charge in [0, 0.05) is 18.6 Å². The number of phenolic OH excluding ortho intramolecular Hbond substituents is 1. The van der Waals surface area contributed by atoms with Gasteiger partial charge in [-0.05, 0) is 62.9 Å². The molecule has 1 aliphatic rings. The van der Waals surface area contributed by atoms with Crippen LogP contribution in [-0.4, -0.2) is 41.7 Å². The van der Waals surface area contributed by atoms with E-state index in [-0.39, 0.29) is 0 Å². The maximum absolute atomic E-state index is 9.36. The smallest absolute Gasteiger partial charge is 0.115 e. The number of benzene rings is 1. The number of piperidine rings is 1. The summed E-state index contributed by atoms with van der Waals surface area (Å²) in [6.45, 7) is 10.3. The third kappa shape index (κ3) is 5.33. The first-order chi connectivity index (χ1) is 10.0. The molecule has 1 aliphatic heterocycles. The second-order valence-electron chi connectivity index (χ2n) is 6.79. The molecule has 1 aromatic carbocycles. The Kier molecular flexibility index (Phi) is 6.07. The van der Waals surface area contributed by atoms with Crippen LogP contribution in [0.25, 0.3) is 0 Å². The van der Waals surface area contributed by atoms with Crippen LogP contribution in [0.15, 0.2) is 24.3 Å². The van der Waals surface area contributed by atoms with Crippen molar-refractivity contribution in [1.29, 1.82) is 0 Å². The highest BCUT2D eigenvalue weighted by molar-refractivity contribution is 5.26. The zero-order chi connectivity index (χ0) is 15.2. The Morgan fingerprint density at radius 1 is 1.24 bits per heavy atom. The number of likely N-dealkylation sites (tertiary alicyclic amines) is 1. The fraction of sp³-hybridized carbons (Fsp3) is 0.667. The van der Waals surface area contributed by atoms with Crippen molar-refractivity contribution in [2.75, 3.05) is 19.6 Å². The third-order valence-electron chi connectivity index (χ3n) is 4.46. The van der Waals surface area contributed by atoms with Gasteiger partial charge in [0.05, 0.1) is 0 Å². The molecule has 1 saturated heterocycles. The molecule has 0 bridgehead atoms. The first kappa shape index (κ1) is 16.3. The number of hydrogen-bond acceptors (Lipinski definition) is 3. The van der Waals surface area contributed by atoms with E-state index in [2.05, 4.69) is 31.0 Å². The summed E-state index contributed by atoms with van der Waals surface area (Å²) >= 11 is 0. The minimum absolute atomic E-state index is 0.351. The van der Waals surface area contributed by atoms with Gasteiger partial charge in [-0.1, -0.05) is 26.0 Å². The SMILES string of the molecule is CC(C)NCC1CCCN(C(C)Cc2ccc(O)cc2)C1. The molecule has 0 amide bonds. The van der Waals surface area contributed by atoms with Gasteiger partial charge in [0.15, 0.2) is 0 Å². The van der Waals surface area contributed by atoms with E-state index in [1.807, 2.05) is 12.1 Å². The van der Waals surface area contributed by atoms with Gasteiger partial charge in [0.2, 0.25) is 0 Å². The Morgan fingerprint density at radius 3 is 2.62 bits per heavy atom. The van der Waals surface area contributed by atoms with Crippen molar-refractivity contribution in [3.63, 3.8) is 0 Å².